The van der Waals surface area contributed by atoms with E-state index in [2.05, 4.69) is 21.0 Å². The van der Waals surface area contributed by atoms with Crippen LogP contribution in [0, 0.1) is 12.7 Å². The fourth-order valence-electron chi connectivity index (χ4n) is 1.47. The second kappa shape index (κ2) is 2.80. The van der Waals surface area contributed by atoms with E-state index >= 15 is 0 Å². The van der Waals surface area contributed by atoms with Crippen molar-refractivity contribution >= 4 is 26.8 Å². The van der Waals surface area contributed by atoms with Crippen molar-refractivity contribution in [2.24, 2.45) is 7.05 Å². The lowest BCUT2D eigenvalue weighted by Gasteiger charge is -2.02. The number of aryl methyl sites for hydroxylation is 2. The summed E-state index contributed by atoms with van der Waals surface area (Å²) < 4.78 is 15.7. The van der Waals surface area contributed by atoms with Gasteiger partial charge in [-0.3, -0.25) is 4.68 Å². The number of fused-ring (bicyclic) bond motifs is 1. The molecule has 2 rings (SSSR count). The highest BCUT2D eigenvalue weighted by Crippen LogP contribution is 2.27. The lowest BCUT2D eigenvalue weighted by Crippen LogP contribution is -1.93. The van der Waals surface area contributed by atoms with Gasteiger partial charge in [0.05, 0.1) is 11.7 Å². The highest BCUT2D eigenvalue weighted by atomic mass is 79.9. The van der Waals surface area contributed by atoms with Gasteiger partial charge in [0.15, 0.2) is 0 Å². The van der Waals surface area contributed by atoms with Crippen LogP contribution >= 0.6 is 15.9 Å². The topological polar surface area (TPSA) is 17.8 Å². The van der Waals surface area contributed by atoms with Gasteiger partial charge in [0.25, 0.3) is 0 Å². The van der Waals surface area contributed by atoms with Crippen molar-refractivity contribution in [2.45, 2.75) is 6.92 Å². The molecule has 13 heavy (non-hydrogen) atoms. The Morgan fingerprint density at radius 2 is 2.23 bits per heavy atom. The van der Waals surface area contributed by atoms with E-state index in [0.29, 0.717) is 5.56 Å². The molecule has 2 aromatic rings. The Balaban J connectivity index is 3.00. The highest BCUT2D eigenvalue weighted by Gasteiger charge is 2.10. The molecule has 0 fully saturated rings. The first-order chi connectivity index (χ1) is 6.11. The van der Waals surface area contributed by atoms with E-state index in [0.717, 1.165) is 15.4 Å². The molecule has 2 nitrogen and oxygen atoms in total. The van der Waals surface area contributed by atoms with Gasteiger partial charge in [-0.05, 0) is 28.9 Å². The molecule has 0 aliphatic carbocycles. The number of hydrogen-bond acceptors (Lipinski definition) is 1. The maximum atomic E-state index is 13.3. The zero-order valence-electron chi connectivity index (χ0n) is 7.31. The van der Waals surface area contributed by atoms with Gasteiger partial charge in [-0.15, -0.1) is 0 Å². The summed E-state index contributed by atoms with van der Waals surface area (Å²) in [5.74, 6) is -0.206. The third kappa shape index (κ3) is 1.16. The van der Waals surface area contributed by atoms with Gasteiger partial charge in [-0.25, -0.2) is 4.39 Å². The Hall–Kier alpha value is -0.900. The average Bonchev–Trinajstić information content (AvgIpc) is 2.44. The number of hydrogen-bond donors (Lipinski definition) is 0. The van der Waals surface area contributed by atoms with Crippen molar-refractivity contribution in [1.29, 1.82) is 0 Å². The fraction of sp³-hybridized carbons (Fsp3) is 0.222. The number of nitrogens with zero attached hydrogens (tertiary/aromatic N) is 2. The van der Waals surface area contributed by atoms with Crippen LogP contribution in [0.5, 0.6) is 0 Å². The van der Waals surface area contributed by atoms with Gasteiger partial charge in [0, 0.05) is 22.5 Å². The number of halogens is 2. The van der Waals surface area contributed by atoms with Crippen molar-refractivity contribution in [2.75, 3.05) is 0 Å². The van der Waals surface area contributed by atoms with Crippen LogP contribution in [0.2, 0.25) is 0 Å². The van der Waals surface area contributed by atoms with Crippen LogP contribution < -0.4 is 0 Å². The summed E-state index contributed by atoms with van der Waals surface area (Å²) in [5.41, 5.74) is 1.48. The smallest absolute Gasteiger partial charge is 0.129 e. The van der Waals surface area contributed by atoms with Gasteiger partial charge in [-0.2, -0.15) is 5.10 Å². The summed E-state index contributed by atoms with van der Waals surface area (Å²) in [6.45, 7) is 1.76. The van der Waals surface area contributed by atoms with E-state index in [-0.39, 0.29) is 5.82 Å². The minimum absolute atomic E-state index is 0.206. The monoisotopic (exact) mass is 242 g/mol. The number of rotatable bonds is 0. The molecule has 0 N–H and O–H groups in total. The SMILES string of the molecule is Cc1c(F)cc(Br)c2cnn(C)c12. The molecule has 68 valence electrons. The largest absolute Gasteiger partial charge is 0.268 e. The summed E-state index contributed by atoms with van der Waals surface area (Å²) in [7, 11) is 1.81. The molecule has 0 spiro atoms. The van der Waals surface area contributed by atoms with Gasteiger partial charge < -0.3 is 0 Å². The molecular weight excluding hydrogens is 235 g/mol. The van der Waals surface area contributed by atoms with E-state index in [1.54, 1.807) is 24.9 Å². The molecule has 0 aliphatic rings. The molecule has 0 saturated heterocycles. The molecule has 0 saturated carbocycles. The Labute approximate surface area is 83.5 Å². The highest BCUT2D eigenvalue weighted by molar-refractivity contribution is 9.10. The molecular formula is C9H8BrFN2. The summed E-state index contributed by atoms with van der Waals surface area (Å²) in [4.78, 5) is 0. The lowest BCUT2D eigenvalue weighted by atomic mass is 10.1. The molecule has 0 aliphatic heterocycles. The zero-order chi connectivity index (χ0) is 9.59. The van der Waals surface area contributed by atoms with Crippen LogP contribution in [0.3, 0.4) is 0 Å². The summed E-state index contributed by atoms with van der Waals surface area (Å²) >= 11 is 3.30. The van der Waals surface area contributed by atoms with Crippen LogP contribution in [0.1, 0.15) is 5.56 Å². The molecule has 4 heteroatoms. The second-order valence-electron chi connectivity index (χ2n) is 3.00. The Kier molecular flexibility index (Phi) is 1.87. The maximum Gasteiger partial charge on any atom is 0.129 e. The van der Waals surface area contributed by atoms with E-state index in [1.165, 1.54) is 6.07 Å². The molecule has 1 aromatic heterocycles. The maximum absolute atomic E-state index is 13.3. The standard InChI is InChI=1S/C9H8BrFN2/c1-5-8(11)3-7(10)6-4-12-13(2)9(5)6/h3-4H,1-2H3. The third-order valence-corrected chi connectivity index (χ3v) is 2.82. The third-order valence-electron chi connectivity index (χ3n) is 2.16. The van der Waals surface area contributed by atoms with Crippen LogP contribution in [0.15, 0.2) is 16.7 Å². The Morgan fingerprint density at radius 1 is 1.54 bits per heavy atom. The molecule has 0 radical (unpaired) electrons. The second-order valence-corrected chi connectivity index (χ2v) is 3.85. The van der Waals surface area contributed by atoms with Crippen molar-refractivity contribution in [3.63, 3.8) is 0 Å². The van der Waals surface area contributed by atoms with Crippen LogP contribution in [-0.2, 0) is 7.05 Å². The van der Waals surface area contributed by atoms with Gasteiger partial charge >= 0.3 is 0 Å². The molecule has 0 amide bonds. The van der Waals surface area contributed by atoms with Crippen molar-refractivity contribution in [3.8, 4) is 0 Å². The minimum atomic E-state index is -0.206. The Morgan fingerprint density at radius 3 is 2.92 bits per heavy atom. The molecule has 0 bridgehead atoms. The average molecular weight is 243 g/mol. The van der Waals surface area contributed by atoms with Gasteiger partial charge in [0.1, 0.15) is 5.82 Å². The zero-order valence-corrected chi connectivity index (χ0v) is 8.89. The quantitative estimate of drug-likeness (QED) is 0.695. The number of benzene rings is 1. The van der Waals surface area contributed by atoms with E-state index in [1.807, 2.05) is 0 Å². The molecule has 0 atom stereocenters. The minimum Gasteiger partial charge on any atom is -0.268 e. The number of aromatic nitrogens is 2. The van der Waals surface area contributed by atoms with Crippen LogP contribution in [-0.4, -0.2) is 9.78 Å². The summed E-state index contributed by atoms with van der Waals surface area (Å²) in [6, 6.07) is 1.47. The van der Waals surface area contributed by atoms with Crippen molar-refractivity contribution in [3.05, 3.63) is 28.1 Å². The first kappa shape index (κ1) is 8.69. The lowest BCUT2D eigenvalue weighted by molar-refractivity contribution is 0.618. The fourth-order valence-corrected chi connectivity index (χ4v) is 1.96. The van der Waals surface area contributed by atoms with Crippen LogP contribution in [0.25, 0.3) is 10.9 Å². The molecule has 1 aromatic carbocycles. The van der Waals surface area contributed by atoms with Gasteiger partial charge in [-0.1, -0.05) is 0 Å². The first-order valence-electron chi connectivity index (χ1n) is 3.87. The predicted octanol–water partition coefficient (Wildman–Crippen LogP) is 2.78. The van der Waals surface area contributed by atoms with Gasteiger partial charge in [0.2, 0.25) is 0 Å². The van der Waals surface area contributed by atoms with E-state index < -0.39 is 0 Å². The summed E-state index contributed by atoms with van der Waals surface area (Å²) in [5, 5.41) is 5.02. The van der Waals surface area contributed by atoms with Crippen LogP contribution in [0.4, 0.5) is 4.39 Å². The molecule has 1 heterocycles. The summed E-state index contributed by atoms with van der Waals surface area (Å²) in [6.07, 6.45) is 1.73. The van der Waals surface area contributed by atoms with Crippen molar-refractivity contribution in [1.82, 2.24) is 9.78 Å². The van der Waals surface area contributed by atoms with E-state index in [9.17, 15) is 4.39 Å². The normalized spacial score (nSPS) is 11.1. The Bertz CT molecular complexity index is 476. The molecule has 0 unspecified atom stereocenters. The first-order valence-corrected chi connectivity index (χ1v) is 4.67. The predicted molar refractivity (Wildman–Crippen MR) is 53.1 cm³/mol. The van der Waals surface area contributed by atoms with Crippen molar-refractivity contribution < 1.29 is 4.39 Å². The van der Waals surface area contributed by atoms with E-state index in [4.69, 9.17) is 0 Å².